The molecule has 0 atom stereocenters. The van der Waals surface area contributed by atoms with E-state index in [1.54, 1.807) is 13.8 Å². The van der Waals surface area contributed by atoms with E-state index in [-0.39, 0.29) is 11.4 Å². The number of nitrogens with one attached hydrogen (secondary N) is 2. The summed E-state index contributed by atoms with van der Waals surface area (Å²) < 4.78 is 32.7. The SMILES string of the molecule is Cc1n[nH]c(C)c1S(=O)(=O)NCCc1nc2ccccc2o1. The number of nitrogens with zero attached hydrogens (tertiary/aromatic N) is 2. The predicted molar refractivity (Wildman–Crippen MR) is 81.0 cm³/mol. The molecule has 0 radical (unpaired) electrons. The van der Waals surface area contributed by atoms with E-state index in [1.807, 2.05) is 24.3 Å². The summed E-state index contributed by atoms with van der Waals surface area (Å²) >= 11 is 0. The van der Waals surface area contributed by atoms with Crippen LogP contribution in [0, 0.1) is 13.8 Å². The van der Waals surface area contributed by atoms with Crippen molar-refractivity contribution in [2.24, 2.45) is 0 Å². The number of oxazole rings is 1. The third-order valence-corrected chi connectivity index (χ3v) is 5.02. The first-order chi connectivity index (χ1) is 10.5. The summed E-state index contributed by atoms with van der Waals surface area (Å²) in [4.78, 5) is 4.51. The number of aromatic nitrogens is 3. The molecular formula is C14H16N4O3S. The number of fused-ring (bicyclic) bond motifs is 1. The van der Waals surface area contributed by atoms with Gasteiger partial charge in [-0.3, -0.25) is 5.10 Å². The fourth-order valence-electron chi connectivity index (χ4n) is 2.33. The van der Waals surface area contributed by atoms with Gasteiger partial charge in [-0.25, -0.2) is 18.1 Å². The van der Waals surface area contributed by atoms with Crippen LogP contribution in [-0.4, -0.2) is 30.1 Å². The quantitative estimate of drug-likeness (QED) is 0.745. The molecule has 0 saturated heterocycles. The summed E-state index contributed by atoms with van der Waals surface area (Å²) in [5, 5.41) is 6.57. The minimum Gasteiger partial charge on any atom is -0.441 e. The largest absolute Gasteiger partial charge is 0.441 e. The van der Waals surface area contributed by atoms with Gasteiger partial charge in [0, 0.05) is 13.0 Å². The van der Waals surface area contributed by atoms with Crippen LogP contribution < -0.4 is 4.72 Å². The van der Waals surface area contributed by atoms with Gasteiger partial charge in [0.15, 0.2) is 11.5 Å². The molecule has 7 nitrogen and oxygen atoms in total. The predicted octanol–water partition coefficient (Wildman–Crippen LogP) is 1.69. The highest BCUT2D eigenvalue weighted by Crippen LogP contribution is 2.17. The number of aromatic amines is 1. The monoisotopic (exact) mass is 320 g/mol. The zero-order valence-corrected chi connectivity index (χ0v) is 13.1. The minimum absolute atomic E-state index is 0.199. The highest BCUT2D eigenvalue weighted by Gasteiger charge is 2.21. The molecule has 0 bridgehead atoms. The topological polar surface area (TPSA) is 101 Å². The van der Waals surface area contributed by atoms with Crippen molar-refractivity contribution >= 4 is 21.1 Å². The number of benzene rings is 1. The van der Waals surface area contributed by atoms with Crippen molar-refractivity contribution in [1.82, 2.24) is 19.9 Å². The van der Waals surface area contributed by atoms with Gasteiger partial charge in [0.05, 0.1) is 11.4 Å². The van der Waals surface area contributed by atoms with Crippen LogP contribution in [0.25, 0.3) is 11.1 Å². The highest BCUT2D eigenvalue weighted by atomic mass is 32.2. The van der Waals surface area contributed by atoms with Gasteiger partial charge in [0.2, 0.25) is 10.0 Å². The van der Waals surface area contributed by atoms with Crippen molar-refractivity contribution in [3.63, 3.8) is 0 Å². The third-order valence-electron chi connectivity index (χ3n) is 3.30. The van der Waals surface area contributed by atoms with Crippen molar-refractivity contribution < 1.29 is 12.8 Å². The van der Waals surface area contributed by atoms with E-state index in [9.17, 15) is 8.42 Å². The normalized spacial score (nSPS) is 12.1. The van der Waals surface area contributed by atoms with Gasteiger partial charge in [-0.15, -0.1) is 0 Å². The van der Waals surface area contributed by atoms with Crippen LogP contribution in [0.2, 0.25) is 0 Å². The molecule has 0 aliphatic rings. The van der Waals surface area contributed by atoms with Crippen LogP contribution >= 0.6 is 0 Å². The fourth-order valence-corrected chi connectivity index (χ4v) is 3.73. The summed E-state index contributed by atoms with van der Waals surface area (Å²) in [5.74, 6) is 0.504. The lowest BCUT2D eigenvalue weighted by Crippen LogP contribution is -2.26. The summed E-state index contributed by atoms with van der Waals surface area (Å²) in [6.45, 7) is 3.54. The molecule has 0 unspecified atom stereocenters. The molecule has 3 aromatic rings. The van der Waals surface area contributed by atoms with E-state index in [0.29, 0.717) is 29.3 Å². The Bertz CT molecular complexity index is 859. The lowest BCUT2D eigenvalue weighted by Gasteiger charge is -2.05. The zero-order chi connectivity index (χ0) is 15.7. The lowest BCUT2D eigenvalue weighted by molar-refractivity contribution is 0.523. The first-order valence-electron chi connectivity index (χ1n) is 6.83. The van der Waals surface area contributed by atoms with Gasteiger partial charge < -0.3 is 4.42 Å². The number of rotatable bonds is 5. The van der Waals surface area contributed by atoms with Crippen molar-refractivity contribution in [3.05, 3.63) is 41.5 Å². The second-order valence-electron chi connectivity index (χ2n) is 4.99. The first-order valence-corrected chi connectivity index (χ1v) is 8.31. The Morgan fingerprint density at radius 2 is 2.05 bits per heavy atom. The zero-order valence-electron chi connectivity index (χ0n) is 12.3. The molecular weight excluding hydrogens is 304 g/mol. The molecule has 2 aromatic heterocycles. The maximum Gasteiger partial charge on any atom is 0.244 e. The highest BCUT2D eigenvalue weighted by molar-refractivity contribution is 7.89. The van der Waals surface area contributed by atoms with Crippen LogP contribution in [0.15, 0.2) is 33.6 Å². The Balaban J connectivity index is 1.70. The van der Waals surface area contributed by atoms with Crippen LogP contribution in [0.1, 0.15) is 17.3 Å². The fraction of sp³-hybridized carbons (Fsp3) is 0.286. The van der Waals surface area contributed by atoms with Crippen LogP contribution in [0.5, 0.6) is 0 Å². The average Bonchev–Trinajstić information content (AvgIpc) is 3.01. The molecule has 0 amide bonds. The van der Waals surface area contributed by atoms with Gasteiger partial charge >= 0.3 is 0 Å². The molecule has 1 aromatic carbocycles. The van der Waals surface area contributed by atoms with Gasteiger partial charge in [0.25, 0.3) is 0 Å². The van der Waals surface area contributed by atoms with Gasteiger partial charge in [-0.2, -0.15) is 5.10 Å². The summed E-state index contributed by atoms with van der Waals surface area (Å²) in [6, 6.07) is 7.42. The molecule has 22 heavy (non-hydrogen) atoms. The Morgan fingerprint density at radius 3 is 2.73 bits per heavy atom. The van der Waals surface area contributed by atoms with E-state index in [2.05, 4.69) is 19.9 Å². The summed E-state index contributed by atoms with van der Waals surface area (Å²) in [6.07, 6.45) is 0.379. The van der Waals surface area contributed by atoms with Gasteiger partial charge in [0.1, 0.15) is 10.4 Å². The van der Waals surface area contributed by atoms with Gasteiger partial charge in [-0.05, 0) is 26.0 Å². The lowest BCUT2D eigenvalue weighted by atomic mass is 10.3. The molecule has 2 N–H and O–H groups in total. The molecule has 3 rings (SSSR count). The Kier molecular flexibility index (Phi) is 3.71. The van der Waals surface area contributed by atoms with Crippen molar-refractivity contribution in [2.45, 2.75) is 25.2 Å². The number of aryl methyl sites for hydroxylation is 2. The number of sulfonamides is 1. The van der Waals surface area contributed by atoms with E-state index < -0.39 is 10.0 Å². The summed E-state index contributed by atoms with van der Waals surface area (Å²) in [7, 11) is -3.59. The first kappa shape index (κ1) is 14.7. The molecule has 8 heteroatoms. The molecule has 0 aliphatic carbocycles. The number of hydrogen-bond acceptors (Lipinski definition) is 5. The Labute approximate surface area is 127 Å². The van der Waals surface area contributed by atoms with Crippen LogP contribution in [-0.2, 0) is 16.4 Å². The molecule has 0 saturated carbocycles. The standard InChI is InChI=1S/C14H16N4O3S/c1-9-14(10(2)18-17-9)22(19,20)15-8-7-13-16-11-5-3-4-6-12(11)21-13/h3-6,15H,7-8H2,1-2H3,(H,17,18). The second-order valence-corrected chi connectivity index (χ2v) is 6.69. The van der Waals surface area contributed by atoms with Crippen molar-refractivity contribution in [1.29, 1.82) is 0 Å². The van der Waals surface area contributed by atoms with Gasteiger partial charge in [-0.1, -0.05) is 12.1 Å². The van der Waals surface area contributed by atoms with E-state index in [0.717, 1.165) is 5.52 Å². The molecule has 0 fully saturated rings. The van der Waals surface area contributed by atoms with Crippen molar-refractivity contribution in [2.75, 3.05) is 6.54 Å². The van der Waals surface area contributed by atoms with E-state index in [1.165, 1.54) is 0 Å². The number of para-hydroxylation sites is 2. The van der Waals surface area contributed by atoms with E-state index >= 15 is 0 Å². The maximum absolute atomic E-state index is 12.3. The Hall–Kier alpha value is -2.19. The minimum atomic E-state index is -3.59. The number of H-pyrrole nitrogens is 1. The third kappa shape index (κ3) is 2.75. The molecule has 116 valence electrons. The molecule has 2 heterocycles. The average molecular weight is 320 g/mol. The second kappa shape index (κ2) is 5.54. The summed E-state index contributed by atoms with van der Waals surface area (Å²) in [5.41, 5.74) is 2.43. The van der Waals surface area contributed by atoms with E-state index in [4.69, 9.17) is 4.42 Å². The molecule has 0 aliphatic heterocycles. The smallest absolute Gasteiger partial charge is 0.244 e. The van der Waals surface area contributed by atoms with Crippen molar-refractivity contribution in [3.8, 4) is 0 Å². The maximum atomic E-state index is 12.3. The molecule has 0 spiro atoms. The van der Waals surface area contributed by atoms with Crippen LogP contribution in [0.4, 0.5) is 0 Å². The number of hydrogen-bond donors (Lipinski definition) is 2. The Morgan fingerprint density at radius 1 is 1.27 bits per heavy atom. The van der Waals surface area contributed by atoms with Crippen LogP contribution in [0.3, 0.4) is 0 Å².